The Balaban J connectivity index is 2.17. The second-order valence-electron chi connectivity index (χ2n) is 4.81. The summed E-state index contributed by atoms with van der Waals surface area (Å²) in [7, 11) is 0. The minimum atomic E-state index is -0.338. The molecule has 0 bridgehead atoms. The van der Waals surface area contributed by atoms with Crippen LogP contribution in [0.1, 0.15) is 21.5 Å². The van der Waals surface area contributed by atoms with E-state index in [-0.39, 0.29) is 11.6 Å². The van der Waals surface area contributed by atoms with Crippen LogP contribution in [0.5, 0.6) is 0 Å². The van der Waals surface area contributed by atoms with Crippen molar-refractivity contribution in [2.24, 2.45) is 0 Å². The highest BCUT2D eigenvalue weighted by Crippen LogP contribution is 2.24. The van der Waals surface area contributed by atoms with Gasteiger partial charge >= 0.3 is 0 Å². The molecule has 0 radical (unpaired) electrons. The summed E-state index contributed by atoms with van der Waals surface area (Å²) >= 11 is 0. The van der Waals surface area contributed by atoms with Gasteiger partial charge in [0.1, 0.15) is 5.82 Å². The molecule has 0 saturated heterocycles. The third-order valence-electron chi connectivity index (χ3n) is 3.49. The van der Waals surface area contributed by atoms with E-state index in [4.69, 9.17) is 0 Å². The summed E-state index contributed by atoms with van der Waals surface area (Å²) < 4.78 is 12.9. The summed E-state index contributed by atoms with van der Waals surface area (Å²) in [4.78, 5) is 12.6. The topological polar surface area (TPSA) is 17.1 Å². The van der Waals surface area contributed by atoms with E-state index in [1.165, 1.54) is 24.3 Å². The third-order valence-corrected chi connectivity index (χ3v) is 3.49. The number of carbonyl (C=O) groups excluding carboxylic acids is 1. The van der Waals surface area contributed by atoms with Crippen molar-refractivity contribution < 1.29 is 9.18 Å². The minimum Gasteiger partial charge on any atom is -0.289 e. The Morgan fingerprint density at radius 2 is 1.50 bits per heavy atom. The quantitative estimate of drug-likeness (QED) is 0.622. The number of carbonyl (C=O) groups is 1. The van der Waals surface area contributed by atoms with Crippen molar-refractivity contribution in [3.63, 3.8) is 0 Å². The van der Waals surface area contributed by atoms with Crippen LogP contribution >= 0.6 is 0 Å². The fraction of sp³-hybridized carbons (Fsp3) is 0.0556. The van der Waals surface area contributed by atoms with Crippen LogP contribution in [0.25, 0.3) is 10.8 Å². The molecule has 1 nitrogen and oxygen atoms in total. The first-order valence-electron chi connectivity index (χ1n) is 6.45. The number of fused-ring (bicyclic) bond motifs is 1. The number of hydrogen-bond donors (Lipinski definition) is 0. The molecule has 0 aromatic heterocycles. The smallest absolute Gasteiger partial charge is 0.193 e. The third kappa shape index (κ3) is 2.10. The van der Waals surface area contributed by atoms with Crippen LogP contribution in [0.3, 0.4) is 0 Å². The molecule has 0 aliphatic heterocycles. The van der Waals surface area contributed by atoms with Crippen molar-refractivity contribution in [1.29, 1.82) is 0 Å². The fourth-order valence-electron chi connectivity index (χ4n) is 2.40. The van der Waals surface area contributed by atoms with E-state index >= 15 is 0 Å². The number of halogens is 1. The Kier molecular flexibility index (Phi) is 3.07. The van der Waals surface area contributed by atoms with Crippen molar-refractivity contribution in [1.82, 2.24) is 0 Å². The van der Waals surface area contributed by atoms with Crippen LogP contribution in [-0.2, 0) is 0 Å². The Morgan fingerprint density at radius 1 is 0.850 bits per heavy atom. The Labute approximate surface area is 116 Å². The van der Waals surface area contributed by atoms with Crippen molar-refractivity contribution in [2.75, 3.05) is 0 Å². The lowest BCUT2D eigenvalue weighted by Gasteiger charge is -2.08. The van der Waals surface area contributed by atoms with Gasteiger partial charge in [-0.1, -0.05) is 36.4 Å². The van der Waals surface area contributed by atoms with Gasteiger partial charge in [-0.25, -0.2) is 4.39 Å². The molecule has 0 heterocycles. The van der Waals surface area contributed by atoms with Crippen molar-refractivity contribution in [2.45, 2.75) is 6.92 Å². The Hall–Kier alpha value is -2.48. The average molecular weight is 264 g/mol. The van der Waals surface area contributed by atoms with Crippen LogP contribution < -0.4 is 0 Å². The van der Waals surface area contributed by atoms with E-state index in [0.717, 1.165) is 16.3 Å². The molecular weight excluding hydrogens is 251 g/mol. The van der Waals surface area contributed by atoms with Crippen LogP contribution in [0.15, 0.2) is 60.7 Å². The number of hydrogen-bond acceptors (Lipinski definition) is 1. The van der Waals surface area contributed by atoms with E-state index in [0.29, 0.717) is 11.1 Å². The molecule has 0 aliphatic rings. The highest BCUT2D eigenvalue weighted by Gasteiger charge is 2.13. The van der Waals surface area contributed by atoms with Gasteiger partial charge in [0.2, 0.25) is 0 Å². The Bertz CT molecular complexity index is 788. The summed E-state index contributed by atoms with van der Waals surface area (Å²) in [6.07, 6.45) is 0. The monoisotopic (exact) mass is 264 g/mol. The highest BCUT2D eigenvalue weighted by atomic mass is 19.1. The number of aryl methyl sites for hydroxylation is 1. The summed E-state index contributed by atoms with van der Waals surface area (Å²) in [6.45, 7) is 2.02. The van der Waals surface area contributed by atoms with Gasteiger partial charge in [-0.15, -0.1) is 0 Å². The molecule has 0 unspecified atom stereocenters. The Morgan fingerprint density at radius 3 is 2.20 bits per heavy atom. The lowest BCUT2D eigenvalue weighted by atomic mass is 9.95. The molecule has 0 spiro atoms. The summed E-state index contributed by atoms with van der Waals surface area (Å²) in [5.74, 6) is -0.420. The van der Waals surface area contributed by atoms with Gasteiger partial charge < -0.3 is 0 Å². The molecule has 0 amide bonds. The first-order chi connectivity index (χ1) is 9.66. The molecular formula is C18H13FO. The van der Waals surface area contributed by atoms with Crippen molar-refractivity contribution in [3.8, 4) is 0 Å². The normalized spacial score (nSPS) is 10.7. The molecule has 2 heteroatoms. The largest absolute Gasteiger partial charge is 0.289 e. The van der Waals surface area contributed by atoms with Crippen LogP contribution in [0.4, 0.5) is 4.39 Å². The summed E-state index contributed by atoms with van der Waals surface area (Å²) in [5.41, 5.74) is 2.29. The van der Waals surface area contributed by atoms with Gasteiger partial charge in [-0.3, -0.25) is 4.79 Å². The summed E-state index contributed by atoms with van der Waals surface area (Å²) in [6, 6.07) is 17.3. The lowest BCUT2D eigenvalue weighted by Crippen LogP contribution is -2.02. The van der Waals surface area contributed by atoms with Crippen LogP contribution in [-0.4, -0.2) is 5.78 Å². The van der Waals surface area contributed by atoms with Gasteiger partial charge in [0.15, 0.2) is 5.78 Å². The fourth-order valence-corrected chi connectivity index (χ4v) is 2.40. The molecule has 3 aromatic carbocycles. The lowest BCUT2D eigenvalue weighted by molar-refractivity contribution is 0.104. The molecule has 0 aliphatic carbocycles. The SMILES string of the molecule is Cc1ccc(C(=O)c2ccc(F)cc2)c2ccccc12. The maximum Gasteiger partial charge on any atom is 0.193 e. The predicted octanol–water partition coefficient (Wildman–Crippen LogP) is 4.52. The zero-order valence-electron chi connectivity index (χ0n) is 11.1. The van der Waals surface area contributed by atoms with Crippen LogP contribution in [0, 0.1) is 12.7 Å². The van der Waals surface area contributed by atoms with E-state index in [1.807, 2.05) is 43.3 Å². The number of rotatable bonds is 2. The predicted molar refractivity (Wildman–Crippen MR) is 78.5 cm³/mol. The van der Waals surface area contributed by atoms with E-state index in [1.54, 1.807) is 0 Å². The zero-order valence-corrected chi connectivity index (χ0v) is 11.1. The molecule has 0 atom stereocenters. The molecule has 0 N–H and O–H groups in total. The average Bonchev–Trinajstić information content (AvgIpc) is 2.48. The van der Waals surface area contributed by atoms with Gasteiger partial charge in [-0.05, 0) is 47.5 Å². The van der Waals surface area contributed by atoms with Gasteiger partial charge in [-0.2, -0.15) is 0 Å². The molecule has 98 valence electrons. The minimum absolute atomic E-state index is 0.0822. The van der Waals surface area contributed by atoms with Gasteiger partial charge in [0, 0.05) is 11.1 Å². The van der Waals surface area contributed by atoms with Gasteiger partial charge in [0.25, 0.3) is 0 Å². The second-order valence-corrected chi connectivity index (χ2v) is 4.81. The van der Waals surface area contributed by atoms with Crippen molar-refractivity contribution in [3.05, 3.63) is 83.2 Å². The number of ketones is 1. The first kappa shape index (κ1) is 12.5. The zero-order chi connectivity index (χ0) is 14.1. The second kappa shape index (κ2) is 4.89. The molecule has 0 saturated carbocycles. The molecule has 0 fully saturated rings. The first-order valence-corrected chi connectivity index (χ1v) is 6.45. The van der Waals surface area contributed by atoms with Crippen LogP contribution in [0.2, 0.25) is 0 Å². The van der Waals surface area contributed by atoms with E-state index in [9.17, 15) is 9.18 Å². The highest BCUT2D eigenvalue weighted by molar-refractivity contribution is 6.16. The van der Waals surface area contributed by atoms with Gasteiger partial charge in [0.05, 0.1) is 0 Å². The molecule has 3 aromatic rings. The maximum atomic E-state index is 12.9. The van der Waals surface area contributed by atoms with Crippen molar-refractivity contribution >= 4 is 16.6 Å². The number of benzene rings is 3. The maximum absolute atomic E-state index is 12.9. The van der Waals surface area contributed by atoms with E-state index < -0.39 is 0 Å². The van der Waals surface area contributed by atoms with E-state index in [2.05, 4.69) is 0 Å². The standard InChI is InChI=1S/C18H13FO/c1-12-6-11-17(16-5-3-2-4-15(12)16)18(20)13-7-9-14(19)10-8-13/h2-11H,1H3. The molecule has 20 heavy (non-hydrogen) atoms. The molecule has 3 rings (SSSR count). The summed E-state index contributed by atoms with van der Waals surface area (Å²) in [5, 5.41) is 2.00.